The summed E-state index contributed by atoms with van der Waals surface area (Å²) in [4.78, 5) is 0. The molecule has 0 bridgehead atoms. The molecule has 0 N–H and O–H groups in total. The third-order valence-corrected chi connectivity index (χ3v) is 11.8. The number of rotatable bonds is 2. The van der Waals surface area contributed by atoms with Crippen molar-refractivity contribution in [3.63, 3.8) is 0 Å². The highest BCUT2D eigenvalue weighted by Gasteiger charge is 2.36. The molecular formula is C51H34. The minimum atomic E-state index is -0.0383. The van der Waals surface area contributed by atoms with E-state index in [1.54, 1.807) is 0 Å². The van der Waals surface area contributed by atoms with Crippen LogP contribution in [0.3, 0.4) is 0 Å². The molecule has 1 aliphatic carbocycles. The molecule has 11 rings (SSSR count). The Bertz CT molecular complexity index is 3100. The zero-order valence-electron chi connectivity index (χ0n) is 28.7. The molecule has 0 aliphatic heterocycles. The van der Waals surface area contributed by atoms with E-state index in [0.29, 0.717) is 0 Å². The molecule has 0 heterocycles. The van der Waals surface area contributed by atoms with Gasteiger partial charge in [0.25, 0.3) is 0 Å². The van der Waals surface area contributed by atoms with Gasteiger partial charge in [0.1, 0.15) is 0 Å². The smallest absolute Gasteiger partial charge is 0.0165 e. The van der Waals surface area contributed by atoms with Crippen LogP contribution < -0.4 is 0 Å². The Hall–Kier alpha value is -6.24. The number of hydrogen-bond acceptors (Lipinski definition) is 0. The lowest BCUT2D eigenvalue weighted by Gasteiger charge is -2.23. The van der Waals surface area contributed by atoms with Gasteiger partial charge in [-0.05, 0) is 133 Å². The van der Waals surface area contributed by atoms with E-state index in [2.05, 4.69) is 184 Å². The molecule has 0 amide bonds. The Morgan fingerprint density at radius 1 is 0.294 bits per heavy atom. The summed E-state index contributed by atoms with van der Waals surface area (Å²) in [5.74, 6) is 0. The summed E-state index contributed by atoms with van der Waals surface area (Å²) in [5.41, 5.74) is 10.6. The first-order chi connectivity index (χ1) is 25.0. The monoisotopic (exact) mass is 646 g/mol. The molecule has 1 aliphatic rings. The SMILES string of the molecule is CC1(C)c2ccccc2-c2ccc3c(ccc4ccc(-c5ccc6c(ccc7cc(-c8ccc9c(ccc%10ccccc%109)c8)ccc76)c5)cc43)c21. The average molecular weight is 647 g/mol. The van der Waals surface area contributed by atoms with Crippen LogP contribution in [0.5, 0.6) is 0 Å². The predicted octanol–water partition coefficient (Wildman–Crippen LogP) is 14.2. The van der Waals surface area contributed by atoms with Gasteiger partial charge in [-0.15, -0.1) is 0 Å². The topological polar surface area (TPSA) is 0 Å². The predicted molar refractivity (Wildman–Crippen MR) is 220 cm³/mol. The maximum atomic E-state index is 2.40. The van der Waals surface area contributed by atoms with E-state index in [4.69, 9.17) is 0 Å². The van der Waals surface area contributed by atoms with Gasteiger partial charge in [-0.1, -0.05) is 159 Å². The molecule has 10 aromatic carbocycles. The molecule has 0 spiro atoms. The quantitative estimate of drug-likeness (QED) is 0.164. The lowest BCUT2D eigenvalue weighted by Crippen LogP contribution is -2.15. The van der Waals surface area contributed by atoms with Crippen LogP contribution in [0.15, 0.2) is 170 Å². The lowest BCUT2D eigenvalue weighted by molar-refractivity contribution is 0.666. The van der Waals surface area contributed by atoms with Crippen LogP contribution in [0.25, 0.3) is 98.0 Å². The molecule has 0 saturated heterocycles. The Morgan fingerprint density at radius 2 is 0.745 bits per heavy atom. The largest absolute Gasteiger partial charge is 0.0619 e. The van der Waals surface area contributed by atoms with Crippen molar-refractivity contribution in [2.24, 2.45) is 0 Å². The summed E-state index contributed by atoms with van der Waals surface area (Å²) in [7, 11) is 0. The summed E-state index contributed by atoms with van der Waals surface area (Å²) in [5, 5.41) is 15.6. The zero-order chi connectivity index (χ0) is 33.8. The van der Waals surface area contributed by atoms with Gasteiger partial charge in [-0.2, -0.15) is 0 Å². The van der Waals surface area contributed by atoms with Crippen molar-refractivity contribution in [3.05, 3.63) is 181 Å². The first-order valence-corrected chi connectivity index (χ1v) is 18.0. The van der Waals surface area contributed by atoms with Crippen molar-refractivity contribution < 1.29 is 0 Å². The van der Waals surface area contributed by atoms with E-state index in [0.717, 1.165) is 0 Å². The molecule has 238 valence electrons. The molecule has 10 aromatic rings. The van der Waals surface area contributed by atoms with Crippen LogP contribution in [-0.4, -0.2) is 0 Å². The minimum absolute atomic E-state index is 0.0383. The third kappa shape index (κ3) is 4.14. The van der Waals surface area contributed by atoms with Crippen molar-refractivity contribution in [1.82, 2.24) is 0 Å². The molecule has 0 aromatic heterocycles. The Balaban J connectivity index is 0.985. The average Bonchev–Trinajstić information content (AvgIpc) is 3.43. The van der Waals surface area contributed by atoms with Crippen LogP contribution in [0, 0.1) is 0 Å². The normalized spacial score (nSPS) is 13.5. The van der Waals surface area contributed by atoms with Gasteiger partial charge in [0, 0.05) is 5.41 Å². The van der Waals surface area contributed by atoms with Crippen molar-refractivity contribution in [1.29, 1.82) is 0 Å². The fourth-order valence-electron chi connectivity index (χ4n) is 9.23. The highest BCUT2D eigenvalue weighted by Crippen LogP contribution is 2.52. The van der Waals surface area contributed by atoms with E-state index in [1.165, 1.54) is 109 Å². The van der Waals surface area contributed by atoms with Crippen molar-refractivity contribution in [2.75, 3.05) is 0 Å². The summed E-state index contributed by atoms with van der Waals surface area (Å²) < 4.78 is 0. The van der Waals surface area contributed by atoms with Crippen molar-refractivity contribution in [2.45, 2.75) is 19.3 Å². The van der Waals surface area contributed by atoms with Gasteiger partial charge < -0.3 is 0 Å². The van der Waals surface area contributed by atoms with Gasteiger partial charge in [0.2, 0.25) is 0 Å². The van der Waals surface area contributed by atoms with E-state index < -0.39 is 0 Å². The maximum Gasteiger partial charge on any atom is 0.0165 e. The highest BCUT2D eigenvalue weighted by atomic mass is 14.4. The summed E-state index contributed by atoms with van der Waals surface area (Å²) in [6.07, 6.45) is 0. The van der Waals surface area contributed by atoms with Gasteiger partial charge in [0.05, 0.1) is 0 Å². The minimum Gasteiger partial charge on any atom is -0.0619 e. The Morgan fingerprint density at radius 3 is 1.43 bits per heavy atom. The van der Waals surface area contributed by atoms with Crippen LogP contribution in [0.4, 0.5) is 0 Å². The summed E-state index contributed by atoms with van der Waals surface area (Å²) in [6.45, 7) is 4.75. The van der Waals surface area contributed by atoms with E-state index in [1.807, 2.05) is 0 Å². The summed E-state index contributed by atoms with van der Waals surface area (Å²) >= 11 is 0. The van der Waals surface area contributed by atoms with E-state index in [9.17, 15) is 0 Å². The van der Waals surface area contributed by atoms with E-state index >= 15 is 0 Å². The highest BCUT2D eigenvalue weighted by molar-refractivity contribution is 6.14. The van der Waals surface area contributed by atoms with Crippen LogP contribution in [0.2, 0.25) is 0 Å². The number of fused-ring (bicyclic) bond motifs is 13. The molecule has 0 fully saturated rings. The molecule has 0 nitrogen and oxygen atoms in total. The van der Waals surface area contributed by atoms with Crippen LogP contribution in [-0.2, 0) is 5.41 Å². The number of hydrogen-bond donors (Lipinski definition) is 0. The molecular weight excluding hydrogens is 613 g/mol. The zero-order valence-corrected chi connectivity index (χ0v) is 28.7. The van der Waals surface area contributed by atoms with Gasteiger partial charge >= 0.3 is 0 Å². The van der Waals surface area contributed by atoms with Crippen LogP contribution >= 0.6 is 0 Å². The molecule has 51 heavy (non-hydrogen) atoms. The number of benzene rings is 10. The Labute approximate surface area is 297 Å². The maximum absolute atomic E-state index is 2.40. The van der Waals surface area contributed by atoms with Gasteiger partial charge in [-0.25, -0.2) is 0 Å². The molecule has 0 saturated carbocycles. The second kappa shape index (κ2) is 10.4. The van der Waals surface area contributed by atoms with Crippen molar-refractivity contribution >= 4 is 64.6 Å². The molecule has 0 heteroatoms. The first-order valence-electron chi connectivity index (χ1n) is 18.0. The van der Waals surface area contributed by atoms with Crippen LogP contribution in [0.1, 0.15) is 25.0 Å². The van der Waals surface area contributed by atoms with Crippen molar-refractivity contribution in [3.8, 4) is 33.4 Å². The molecule has 0 radical (unpaired) electrons. The fourth-order valence-corrected chi connectivity index (χ4v) is 9.23. The standard InChI is InChI=1S/C51H34/c1-51(2)49-10-6-5-9-45(49)47-26-25-44-46(50(47)51)24-17-32-11-13-36(30-48(32)44)35-20-23-43-39(29-35)16-15-38-28-34(19-22-42(38)43)33-18-21-41-37(27-33)14-12-31-7-3-4-8-40(31)41/h3-30H,1-2H3. The van der Waals surface area contributed by atoms with Gasteiger partial charge in [0.15, 0.2) is 0 Å². The molecule has 0 atom stereocenters. The fraction of sp³-hybridized carbons (Fsp3) is 0.0588. The van der Waals surface area contributed by atoms with Gasteiger partial charge in [-0.3, -0.25) is 0 Å². The molecule has 0 unspecified atom stereocenters. The Kier molecular flexibility index (Phi) is 5.82. The van der Waals surface area contributed by atoms with E-state index in [-0.39, 0.29) is 5.41 Å². The summed E-state index contributed by atoms with van der Waals surface area (Å²) in [6, 6.07) is 63.7. The first kappa shape index (κ1) is 28.6. The lowest BCUT2D eigenvalue weighted by atomic mass is 9.79. The second-order valence-electron chi connectivity index (χ2n) is 14.9. The third-order valence-electron chi connectivity index (χ3n) is 11.8. The second-order valence-corrected chi connectivity index (χ2v) is 14.9.